The minimum absolute atomic E-state index is 0.0252. The normalized spacial score (nSPS) is 13.3. The second kappa shape index (κ2) is 6.81. The van der Waals surface area contributed by atoms with E-state index in [4.69, 9.17) is 0 Å². The molecule has 18 heavy (non-hydrogen) atoms. The Morgan fingerprint density at radius 2 is 1.89 bits per heavy atom. The molecule has 0 radical (unpaired) electrons. The summed E-state index contributed by atoms with van der Waals surface area (Å²) in [6.45, 7) is 8.05. The third-order valence-electron chi connectivity index (χ3n) is 2.84. The molecule has 1 N–H and O–H groups in total. The van der Waals surface area contributed by atoms with Gasteiger partial charge in [-0.3, -0.25) is 0 Å². The lowest BCUT2D eigenvalue weighted by Gasteiger charge is -2.25. The molecule has 1 rings (SSSR count). The van der Waals surface area contributed by atoms with Gasteiger partial charge in [-0.2, -0.15) is 0 Å². The molecule has 0 fully saturated rings. The van der Waals surface area contributed by atoms with Crippen LogP contribution in [0.15, 0.2) is 18.2 Å². The molecule has 1 atom stereocenters. The van der Waals surface area contributed by atoms with Crippen LogP contribution in [0.3, 0.4) is 0 Å². The van der Waals surface area contributed by atoms with Crippen molar-refractivity contribution < 1.29 is 13.9 Å². The lowest BCUT2D eigenvalue weighted by atomic mass is 10.1. The molecule has 0 heterocycles. The van der Waals surface area contributed by atoms with Crippen LogP contribution >= 0.6 is 0 Å². The number of aliphatic hydroxyl groups excluding tert-OH is 1. The summed E-state index contributed by atoms with van der Waals surface area (Å²) in [5.41, 5.74) is 0.0252. The van der Waals surface area contributed by atoms with Gasteiger partial charge in [0.2, 0.25) is 0 Å². The molecule has 1 aromatic rings. The van der Waals surface area contributed by atoms with Crippen LogP contribution in [0.25, 0.3) is 0 Å². The number of benzene rings is 1. The first-order chi connectivity index (χ1) is 8.45. The molecule has 0 bridgehead atoms. The van der Waals surface area contributed by atoms with Gasteiger partial charge in [-0.25, -0.2) is 8.78 Å². The van der Waals surface area contributed by atoms with Gasteiger partial charge in [-0.1, -0.05) is 32.9 Å². The maximum absolute atomic E-state index is 13.5. The van der Waals surface area contributed by atoms with E-state index in [1.54, 1.807) is 0 Å². The predicted octanol–water partition coefficient (Wildman–Crippen LogP) is 2.98. The van der Waals surface area contributed by atoms with E-state index in [1.807, 2.05) is 11.8 Å². The molecule has 0 amide bonds. The maximum atomic E-state index is 13.5. The molecular weight excluding hydrogens is 236 g/mol. The van der Waals surface area contributed by atoms with E-state index >= 15 is 0 Å². The molecule has 0 aromatic heterocycles. The zero-order valence-electron chi connectivity index (χ0n) is 11.2. The van der Waals surface area contributed by atoms with Crippen LogP contribution < -0.4 is 0 Å². The third-order valence-corrected chi connectivity index (χ3v) is 2.84. The highest BCUT2D eigenvalue weighted by Crippen LogP contribution is 2.20. The summed E-state index contributed by atoms with van der Waals surface area (Å²) in [4.78, 5) is 2.03. The number of likely N-dealkylation sites (N-methyl/N-ethyl adjacent to an activating group) is 1. The number of nitrogens with zero attached hydrogens (tertiary/aromatic N) is 1. The van der Waals surface area contributed by atoms with E-state index in [9.17, 15) is 13.9 Å². The Bertz CT molecular complexity index is 382. The lowest BCUT2D eigenvalue weighted by Crippen LogP contribution is -2.32. The van der Waals surface area contributed by atoms with Crippen molar-refractivity contribution in [3.05, 3.63) is 35.4 Å². The van der Waals surface area contributed by atoms with E-state index in [1.165, 1.54) is 12.1 Å². The zero-order valence-corrected chi connectivity index (χ0v) is 11.2. The van der Waals surface area contributed by atoms with Crippen LogP contribution in [0.1, 0.15) is 32.4 Å². The average molecular weight is 257 g/mol. The second-order valence-electron chi connectivity index (χ2n) is 4.90. The van der Waals surface area contributed by atoms with Crippen molar-refractivity contribution in [1.29, 1.82) is 0 Å². The topological polar surface area (TPSA) is 23.5 Å². The van der Waals surface area contributed by atoms with Gasteiger partial charge in [0.1, 0.15) is 0 Å². The summed E-state index contributed by atoms with van der Waals surface area (Å²) in [5, 5.41) is 9.99. The van der Waals surface area contributed by atoms with Gasteiger partial charge < -0.3 is 10.0 Å². The fourth-order valence-electron chi connectivity index (χ4n) is 1.97. The van der Waals surface area contributed by atoms with E-state index in [0.717, 1.165) is 19.2 Å². The Balaban J connectivity index is 2.74. The summed E-state index contributed by atoms with van der Waals surface area (Å²) in [5.74, 6) is -1.40. The third kappa shape index (κ3) is 4.03. The SMILES string of the molecule is CCN(CC(C)C)CC(O)c1cccc(F)c1F. The molecule has 0 aliphatic carbocycles. The first kappa shape index (κ1) is 15.1. The van der Waals surface area contributed by atoms with E-state index < -0.39 is 17.7 Å². The fraction of sp³-hybridized carbons (Fsp3) is 0.571. The smallest absolute Gasteiger partial charge is 0.164 e. The van der Waals surface area contributed by atoms with Crippen LogP contribution in [0, 0.1) is 17.6 Å². The summed E-state index contributed by atoms with van der Waals surface area (Å²) < 4.78 is 26.6. The number of rotatable bonds is 6. The molecule has 0 aliphatic heterocycles. The molecule has 1 unspecified atom stereocenters. The van der Waals surface area contributed by atoms with Gasteiger partial charge in [-0.15, -0.1) is 0 Å². The summed E-state index contributed by atoms with van der Waals surface area (Å²) in [6, 6.07) is 3.89. The number of hydrogen-bond acceptors (Lipinski definition) is 2. The first-order valence-corrected chi connectivity index (χ1v) is 6.30. The summed E-state index contributed by atoms with van der Waals surface area (Å²) in [6.07, 6.45) is -1.00. The molecule has 0 spiro atoms. The second-order valence-corrected chi connectivity index (χ2v) is 4.90. The molecule has 2 nitrogen and oxygen atoms in total. The quantitative estimate of drug-likeness (QED) is 0.847. The predicted molar refractivity (Wildman–Crippen MR) is 68.3 cm³/mol. The van der Waals surface area contributed by atoms with Crippen molar-refractivity contribution in [1.82, 2.24) is 4.90 Å². The van der Waals surface area contributed by atoms with Gasteiger partial charge in [0.05, 0.1) is 6.10 Å². The van der Waals surface area contributed by atoms with E-state index in [-0.39, 0.29) is 5.56 Å². The van der Waals surface area contributed by atoms with Crippen molar-refractivity contribution >= 4 is 0 Å². The van der Waals surface area contributed by atoms with Gasteiger partial charge >= 0.3 is 0 Å². The standard InChI is InChI=1S/C14H21F2NO/c1-4-17(8-10(2)3)9-13(18)11-6-5-7-12(15)14(11)16/h5-7,10,13,18H,4,8-9H2,1-3H3. The highest BCUT2D eigenvalue weighted by atomic mass is 19.2. The largest absolute Gasteiger partial charge is 0.387 e. The molecule has 0 saturated heterocycles. The van der Waals surface area contributed by atoms with Crippen LogP contribution in [0.5, 0.6) is 0 Å². The van der Waals surface area contributed by atoms with Crippen LogP contribution in [0.4, 0.5) is 8.78 Å². The molecule has 1 aromatic carbocycles. The Morgan fingerprint density at radius 3 is 2.44 bits per heavy atom. The molecule has 102 valence electrons. The maximum Gasteiger partial charge on any atom is 0.164 e. The van der Waals surface area contributed by atoms with Gasteiger partial charge in [0, 0.05) is 18.7 Å². The van der Waals surface area contributed by atoms with Crippen molar-refractivity contribution in [2.75, 3.05) is 19.6 Å². The van der Waals surface area contributed by atoms with Gasteiger partial charge in [0.15, 0.2) is 11.6 Å². The number of aliphatic hydroxyl groups is 1. The zero-order chi connectivity index (χ0) is 13.7. The van der Waals surface area contributed by atoms with Crippen LogP contribution in [0.2, 0.25) is 0 Å². The highest BCUT2D eigenvalue weighted by molar-refractivity contribution is 5.21. The van der Waals surface area contributed by atoms with Crippen molar-refractivity contribution in [2.45, 2.75) is 26.9 Å². The minimum Gasteiger partial charge on any atom is -0.387 e. The summed E-state index contributed by atoms with van der Waals surface area (Å²) in [7, 11) is 0. The van der Waals surface area contributed by atoms with Crippen molar-refractivity contribution in [2.24, 2.45) is 5.92 Å². The van der Waals surface area contributed by atoms with Gasteiger partial charge in [0.25, 0.3) is 0 Å². The Hall–Kier alpha value is -1.00. The monoisotopic (exact) mass is 257 g/mol. The molecular formula is C14H21F2NO. The average Bonchev–Trinajstić information content (AvgIpc) is 2.31. The minimum atomic E-state index is -1.00. The lowest BCUT2D eigenvalue weighted by molar-refractivity contribution is 0.106. The fourth-order valence-corrected chi connectivity index (χ4v) is 1.97. The van der Waals surface area contributed by atoms with E-state index in [0.29, 0.717) is 12.5 Å². The summed E-state index contributed by atoms with van der Waals surface area (Å²) >= 11 is 0. The van der Waals surface area contributed by atoms with Crippen LogP contribution in [-0.4, -0.2) is 29.6 Å². The molecule has 4 heteroatoms. The van der Waals surface area contributed by atoms with E-state index in [2.05, 4.69) is 13.8 Å². The molecule has 0 aliphatic rings. The molecule has 0 saturated carbocycles. The number of hydrogen-bond donors (Lipinski definition) is 1. The van der Waals surface area contributed by atoms with Crippen molar-refractivity contribution in [3.63, 3.8) is 0 Å². The number of halogens is 2. The van der Waals surface area contributed by atoms with Crippen molar-refractivity contribution in [3.8, 4) is 0 Å². The Labute approximate surface area is 107 Å². The first-order valence-electron chi connectivity index (χ1n) is 6.30. The van der Waals surface area contributed by atoms with Crippen LogP contribution in [-0.2, 0) is 0 Å². The highest BCUT2D eigenvalue weighted by Gasteiger charge is 2.18. The Kier molecular flexibility index (Phi) is 5.69. The Morgan fingerprint density at radius 1 is 1.22 bits per heavy atom. The van der Waals surface area contributed by atoms with Gasteiger partial charge in [-0.05, 0) is 18.5 Å².